The monoisotopic (exact) mass is 452 g/mol. The van der Waals surface area contributed by atoms with Crippen LogP contribution in [-0.2, 0) is 6.61 Å². The molecule has 0 saturated carbocycles. The second-order valence-corrected chi connectivity index (χ2v) is 7.83. The van der Waals surface area contributed by atoms with Gasteiger partial charge in [0.2, 0.25) is 0 Å². The van der Waals surface area contributed by atoms with Crippen molar-refractivity contribution >= 4 is 23.0 Å². The average molecular weight is 452 g/mol. The highest BCUT2D eigenvalue weighted by Gasteiger charge is 2.29. The Bertz CT molecular complexity index is 1440. The van der Waals surface area contributed by atoms with Crippen LogP contribution in [0.4, 0.5) is 10.2 Å². The molecule has 1 heterocycles. The van der Waals surface area contributed by atoms with E-state index in [-0.39, 0.29) is 18.2 Å². The molecular weight excluding hydrogens is 431 g/mol. The molecule has 2 N–H and O–H groups in total. The number of methoxy groups -OCH3 is 1. The van der Waals surface area contributed by atoms with Gasteiger partial charge >= 0.3 is 0 Å². The van der Waals surface area contributed by atoms with Crippen molar-refractivity contribution in [3.8, 4) is 23.6 Å². The van der Waals surface area contributed by atoms with Gasteiger partial charge in [-0.15, -0.1) is 0 Å². The Hall–Kier alpha value is -4.62. The summed E-state index contributed by atoms with van der Waals surface area (Å²) in [4.78, 5) is 4.35. The maximum atomic E-state index is 13.1. The molecule has 4 rings (SSSR count). The molecule has 0 aliphatic heterocycles. The zero-order valence-corrected chi connectivity index (χ0v) is 18.9. The lowest BCUT2D eigenvalue weighted by atomic mass is 9.95. The maximum Gasteiger partial charge on any atom is 0.161 e. The van der Waals surface area contributed by atoms with Gasteiger partial charge in [-0.3, -0.25) is 0 Å². The number of hydrogen-bond donors (Lipinski definition) is 1. The molecule has 1 aliphatic rings. The third kappa shape index (κ3) is 3.96. The Morgan fingerprint density at radius 3 is 2.44 bits per heavy atom. The molecule has 0 spiro atoms. The minimum Gasteiger partial charge on any atom is -0.493 e. The van der Waals surface area contributed by atoms with E-state index in [2.05, 4.69) is 17.1 Å². The summed E-state index contributed by atoms with van der Waals surface area (Å²) in [6, 6.07) is 15.9. The van der Waals surface area contributed by atoms with Gasteiger partial charge in [-0.25, -0.2) is 9.37 Å². The molecule has 168 valence electrons. The van der Waals surface area contributed by atoms with Crippen molar-refractivity contribution in [3.63, 3.8) is 0 Å². The number of benzene rings is 2. The first-order valence-electron chi connectivity index (χ1n) is 10.5. The Morgan fingerprint density at radius 1 is 1.06 bits per heavy atom. The summed E-state index contributed by atoms with van der Waals surface area (Å²) >= 11 is 0. The van der Waals surface area contributed by atoms with Gasteiger partial charge in [-0.1, -0.05) is 18.2 Å². The van der Waals surface area contributed by atoms with Crippen molar-refractivity contribution in [2.45, 2.75) is 20.5 Å². The van der Waals surface area contributed by atoms with Crippen LogP contribution in [0, 0.1) is 35.4 Å². The van der Waals surface area contributed by atoms with Gasteiger partial charge in [0.25, 0.3) is 0 Å². The van der Waals surface area contributed by atoms with Crippen molar-refractivity contribution < 1.29 is 13.9 Å². The Labute approximate surface area is 197 Å². The molecule has 0 bridgehead atoms. The van der Waals surface area contributed by atoms with E-state index < -0.39 is 0 Å². The van der Waals surface area contributed by atoms with Gasteiger partial charge in [0.15, 0.2) is 11.5 Å². The van der Waals surface area contributed by atoms with Crippen molar-refractivity contribution in [2.24, 2.45) is 0 Å². The number of nitrogens with zero attached hydrogens (tertiary/aromatic N) is 3. The number of nitriles is 2. The number of fused-ring (bicyclic) bond motifs is 1. The van der Waals surface area contributed by atoms with Gasteiger partial charge in [-0.05, 0) is 72.0 Å². The highest BCUT2D eigenvalue weighted by molar-refractivity contribution is 6.08. The smallest absolute Gasteiger partial charge is 0.161 e. The first-order chi connectivity index (χ1) is 16.4. The highest BCUT2D eigenvalue weighted by atomic mass is 19.1. The molecule has 34 heavy (non-hydrogen) atoms. The normalized spacial score (nSPS) is 13.4. The van der Waals surface area contributed by atoms with Gasteiger partial charge in [0, 0.05) is 5.56 Å². The first kappa shape index (κ1) is 22.6. The zero-order valence-electron chi connectivity index (χ0n) is 18.9. The van der Waals surface area contributed by atoms with E-state index in [0.29, 0.717) is 33.9 Å². The highest BCUT2D eigenvalue weighted by Crippen LogP contribution is 2.44. The SMILES string of the molecule is COc1cc(/C=C2\C(C)=C(C#N)c3nc(N)c(C#N)c(C)c32)ccc1OCc1ccc(F)cc1. The van der Waals surface area contributed by atoms with Crippen LogP contribution < -0.4 is 15.2 Å². The molecule has 3 aromatic rings. The van der Waals surface area contributed by atoms with Crippen LogP contribution in [-0.4, -0.2) is 12.1 Å². The van der Waals surface area contributed by atoms with Gasteiger partial charge in [-0.2, -0.15) is 10.5 Å². The molecule has 0 radical (unpaired) electrons. The summed E-state index contributed by atoms with van der Waals surface area (Å²) in [5.74, 6) is 0.890. The van der Waals surface area contributed by atoms with Crippen LogP contribution in [0.25, 0.3) is 17.2 Å². The third-order valence-corrected chi connectivity index (χ3v) is 5.79. The van der Waals surface area contributed by atoms with Gasteiger partial charge in [0.05, 0.1) is 23.9 Å². The fraction of sp³-hybridized carbons (Fsp3) is 0.148. The van der Waals surface area contributed by atoms with Crippen LogP contribution in [0.1, 0.15) is 40.4 Å². The third-order valence-electron chi connectivity index (χ3n) is 5.79. The molecule has 0 fully saturated rings. The molecule has 7 heteroatoms. The van der Waals surface area contributed by atoms with E-state index in [1.54, 1.807) is 25.3 Å². The standard InChI is InChI=1S/C27H21FN4O2/c1-15-20(25-16(2)22(13-30)27(31)32-26(25)21(15)12-29)10-18-6-9-23(24(11-18)33-3)34-14-17-4-7-19(28)8-5-17/h4-11H,14H2,1-3H3,(H2,31,32)/b20-10+. The first-order valence-corrected chi connectivity index (χ1v) is 10.5. The number of aromatic nitrogens is 1. The molecule has 6 nitrogen and oxygen atoms in total. The second kappa shape index (κ2) is 9.09. The van der Waals surface area contributed by atoms with Crippen LogP contribution >= 0.6 is 0 Å². The largest absolute Gasteiger partial charge is 0.493 e. The quantitative estimate of drug-likeness (QED) is 0.554. The number of rotatable bonds is 5. The number of nitrogen functional groups attached to an aromatic ring is 1. The number of ether oxygens (including phenoxy) is 2. The van der Waals surface area contributed by atoms with Gasteiger partial charge < -0.3 is 15.2 Å². The predicted octanol–water partition coefficient (Wildman–Crippen LogP) is 5.42. The Balaban J connectivity index is 1.72. The summed E-state index contributed by atoms with van der Waals surface area (Å²) < 4.78 is 24.5. The number of hydrogen-bond acceptors (Lipinski definition) is 6. The topological polar surface area (TPSA) is 105 Å². The van der Waals surface area contributed by atoms with Crippen molar-refractivity contribution in [2.75, 3.05) is 12.8 Å². The van der Waals surface area contributed by atoms with E-state index in [0.717, 1.165) is 27.8 Å². The molecule has 1 aliphatic carbocycles. The summed E-state index contributed by atoms with van der Waals surface area (Å²) in [5.41, 5.74) is 11.8. The number of halogens is 1. The molecule has 0 unspecified atom stereocenters. The lowest BCUT2D eigenvalue weighted by molar-refractivity contribution is 0.284. The Morgan fingerprint density at radius 2 is 1.79 bits per heavy atom. The molecule has 0 atom stereocenters. The van der Waals surface area contributed by atoms with Gasteiger partial charge in [0.1, 0.15) is 30.4 Å². The molecule has 0 saturated heterocycles. The summed E-state index contributed by atoms with van der Waals surface area (Å²) in [6.07, 6.45) is 1.93. The maximum absolute atomic E-state index is 13.1. The van der Waals surface area contributed by atoms with Crippen molar-refractivity contribution in [1.82, 2.24) is 4.98 Å². The van der Waals surface area contributed by atoms with Crippen LogP contribution in [0.5, 0.6) is 11.5 Å². The Kier molecular flexibility index (Phi) is 6.03. The summed E-state index contributed by atoms with van der Waals surface area (Å²) in [5, 5.41) is 19.2. The van der Waals surface area contributed by atoms with Crippen LogP contribution in [0.15, 0.2) is 48.0 Å². The number of allylic oxidation sites excluding steroid dienone is 3. The van der Waals surface area contributed by atoms with E-state index in [1.807, 2.05) is 32.1 Å². The van der Waals surface area contributed by atoms with E-state index in [4.69, 9.17) is 15.2 Å². The summed E-state index contributed by atoms with van der Waals surface area (Å²) in [6.45, 7) is 3.93. The van der Waals surface area contributed by atoms with Crippen molar-refractivity contribution in [1.29, 1.82) is 10.5 Å². The van der Waals surface area contributed by atoms with Crippen LogP contribution in [0.2, 0.25) is 0 Å². The molecule has 0 amide bonds. The lowest BCUT2D eigenvalue weighted by Crippen LogP contribution is -2.03. The molecule has 2 aromatic carbocycles. The summed E-state index contributed by atoms with van der Waals surface area (Å²) in [7, 11) is 1.55. The average Bonchev–Trinajstić information content (AvgIpc) is 3.09. The minimum absolute atomic E-state index is 0.116. The minimum atomic E-state index is -0.300. The lowest BCUT2D eigenvalue weighted by Gasteiger charge is -2.13. The van der Waals surface area contributed by atoms with E-state index in [1.165, 1.54) is 12.1 Å². The fourth-order valence-corrected chi connectivity index (χ4v) is 4.00. The fourth-order valence-electron chi connectivity index (χ4n) is 4.00. The van der Waals surface area contributed by atoms with Crippen molar-refractivity contribution in [3.05, 3.63) is 87.4 Å². The predicted molar refractivity (Wildman–Crippen MR) is 128 cm³/mol. The molecule has 1 aromatic heterocycles. The van der Waals surface area contributed by atoms with E-state index in [9.17, 15) is 14.9 Å². The number of nitrogens with two attached hydrogens (primary N) is 1. The number of anilines is 1. The van der Waals surface area contributed by atoms with E-state index >= 15 is 0 Å². The zero-order chi connectivity index (χ0) is 24.4. The molecular formula is C27H21FN4O2. The van der Waals surface area contributed by atoms with Crippen LogP contribution in [0.3, 0.4) is 0 Å². The number of pyridine rings is 1. The second-order valence-electron chi connectivity index (χ2n) is 7.83.